The van der Waals surface area contributed by atoms with E-state index in [9.17, 15) is 13.2 Å². The maximum absolute atomic E-state index is 12.9. The van der Waals surface area contributed by atoms with Gasteiger partial charge in [0.15, 0.2) is 0 Å². The number of morpholine rings is 1. The summed E-state index contributed by atoms with van der Waals surface area (Å²) < 4.78 is 32.3. The average molecular weight is 458 g/mol. The van der Waals surface area contributed by atoms with Crippen LogP contribution in [-0.2, 0) is 19.6 Å². The minimum atomic E-state index is -3.62. The molecule has 7 nitrogen and oxygen atoms in total. The van der Waals surface area contributed by atoms with Crippen molar-refractivity contribution in [3.8, 4) is 0 Å². The number of hydrogen-bond acceptors (Lipinski definition) is 6. The Morgan fingerprint density at radius 3 is 2.68 bits per heavy atom. The molecule has 0 bridgehead atoms. The molecule has 1 aromatic heterocycles. The number of fused-ring (bicyclic) bond motifs is 1. The van der Waals surface area contributed by atoms with Crippen molar-refractivity contribution >= 4 is 44.3 Å². The van der Waals surface area contributed by atoms with Gasteiger partial charge >= 0.3 is 0 Å². The highest BCUT2D eigenvalue weighted by molar-refractivity contribution is 8.00. The monoisotopic (exact) mass is 457 g/mol. The van der Waals surface area contributed by atoms with Gasteiger partial charge in [-0.05, 0) is 37.3 Å². The van der Waals surface area contributed by atoms with Crippen molar-refractivity contribution in [2.45, 2.75) is 22.1 Å². The summed E-state index contributed by atoms with van der Waals surface area (Å²) in [6.07, 6.45) is 0. The number of pyridine rings is 1. The Kier molecular flexibility index (Phi) is 6.57. The zero-order valence-corrected chi connectivity index (χ0v) is 18.7. The molecule has 2 aromatic carbocycles. The topological polar surface area (TPSA) is 88.6 Å². The van der Waals surface area contributed by atoms with E-state index in [1.165, 1.54) is 28.2 Å². The molecule has 1 fully saturated rings. The molecule has 162 valence electrons. The number of thioether (sulfide) groups is 1. The van der Waals surface area contributed by atoms with Crippen molar-refractivity contribution in [2.75, 3.05) is 31.6 Å². The van der Waals surface area contributed by atoms with E-state index < -0.39 is 15.3 Å². The first kappa shape index (κ1) is 21.8. The third-order valence-corrected chi connectivity index (χ3v) is 7.88. The van der Waals surface area contributed by atoms with Gasteiger partial charge in [-0.3, -0.25) is 4.79 Å². The fraction of sp³-hybridized carbons (Fsp3) is 0.273. The Morgan fingerprint density at radius 2 is 1.87 bits per heavy atom. The summed E-state index contributed by atoms with van der Waals surface area (Å²) in [5.74, 6) is -0.221. The van der Waals surface area contributed by atoms with E-state index in [-0.39, 0.29) is 10.8 Å². The van der Waals surface area contributed by atoms with Crippen LogP contribution in [0.3, 0.4) is 0 Å². The summed E-state index contributed by atoms with van der Waals surface area (Å²) >= 11 is 1.35. The standard InChI is InChI=1S/C22H23N3O4S2/c1-16(30-21-10-9-17-5-2-3-8-20(17)24-21)22(26)23-18-6-4-7-19(15-18)31(27,28)25-11-13-29-14-12-25/h2-10,15-16H,11-14H2,1H3,(H,23,26). The summed E-state index contributed by atoms with van der Waals surface area (Å²) in [5.41, 5.74) is 1.32. The van der Waals surface area contributed by atoms with Crippen LogP contribution in [-0.4, -0.2) is 55.2 Å². The number of hydrogen-bond donors (Lipinski definition) is 1. The summed E-state index contributed by atoms with van der Waals surface area (Å²) in [4.78, 5) is 17.5. The van der Waals surface area contributed by atoms with Crippen molar-refractivity contribution < 1.29 is 17.9 Å². The quantitative estimate of drug-likeness (QED) is 0.571. The maximum Gasteiger partial charge on any atom is 0.243 e. The largest absolute Gasteiger partial charge is 0.379 e. The number of ether oxygens (including phenoxy) is 1. The zero-order chi connectivity index (χ0) is 21.8. The van der Waals surface area contributed by atoms with Crippen molar-refractivity contribution in [3.63, 3.8) is 0 Å². The summed E-state index contributed by atoms with van der Waals surface area (Å²) in [6, 6.07) is 18.0. The molecule has 1 atom stereocenters. The number of aromatic nitrogens is 1. The Bertz CT molecular complexity index is 1190. The second-order valence-electron chi connectivity index (χ2n) is 7.14. The fourth-order valence-corrected chi connectivity index (χ4v) is 5.54. The van der Waals surface area contributed by atoms with Crippen LogP contribution in [0.1, 0.15) is 6.92 Å². The smallest absolute Gasteiger partial charge is 0.243 e. The van der Waals surface area contributed by atoms with Gasteiger partial charge in [0, 0.05) is 24.2 Å². The SMILES string of the molecule is CC(Sc1ccc2ccccc2n1)C(=O)Nc1cccc(S(=O)(=O)N2CCOCC2)c1. The van der Waals surface area contributed by atoms with Crippen molar-refractivity contribution in [1.82, 2.24) is 9.29 Å². The van der Waals surface area contributed by atoms with Crippen molar-refractivity contribution in [1.29, 1.82) is 0 Å². The Hall–Kier alpha value is -2.46. The van der Waals surface area contributed by atoms with Gasteiger partial charge in [0.2, 0.25) is 15.9 Å². The van der Waals surface area contributed by atoms with Gasteiger partial charge in [0.05, 0.1) is 33.9 Å². The Balaban J connectivity index is 1.44. The van der Waals surface area contributed by atoms with E-state index in [2.05, 4.69) is 10.3 Å². The predicted octanol–water partition coefficient (Wildman–Crippen LogP) is 3.38. The molecule has 4 rings (SSSR count). The normalized spacial score (nSPS) is 16.2. The van der Waals surface area contributed by atoms with Crippen molar-refractivity contribution in [3.05, 3.63) is 60.7 Å². The van der Waals surface area contributed by atoms with Crippen LogP contribution in [0.4, 0.5) is 5.69 Å². The van der Waals surface area contributed by atoms with Crippen LogP contribution < -0.4 is 5.32 Å². The number of para-hydroxylation sites is 1. The van der Waals surface area contributed by atoms with Crippen molar-refractivity contribution in [2.24, 2.45) is 0 Å². The lowest BCUT2D eigenvalue weighted by atomic mass is 10.2. The zero-order valence-electron chi connectivity index (χ0n) is 17.0. The Labute approximate surface area is 185 Å². The molecular weight excluding hydrogens is 434 g/mol. The molecule has 0 radical (unpaired) electrons. The van der Waals surface area contributed by atoms with Gasteiger partial charge < -0.3 is 10.1 Å². The molecule has 0 saturated carbocycles. The van der Waals surface area contributed by atoms with Gasteiger partial charge in [-0.15, -0.1) is 0 Å². The van der Waals surface area contributed by atoms with Gasteiger partial charge in [-0.25, -0.2) is 13.4 Å². The van der Waals surface area contributed by atoms with Gasteiger partial charge in [0.25, 0.3) is 0 Å². The van der Waals surface area contributed by atoms with Crippen LogP contribution in [0.15, 0.2) is 70.6 Å². The molecule has 2 heterocycles. The van der Waals surface area contributed by atoms with E-state index in [0.717, 1.165) is 15.9 Å². The molecule has 31 heavy (non-hydrogen) atoms. The summed E-state index contributed by atoms with van der Waals surface area (Å²) in [7, 11) is -3.62. The lowest BCUT2D eigenvalue weighted by Crippen LogP contribution is -2.40. The number of sulfonamides is 1. The van der Waals surface area contributed by atoms with Gasteiger partial charge in [-0.1, -0.05) is 42.1 Å². The molecule has 1 unspecified atom stereocenters. The minimum absolute atomic E-state index is 0.156. The van der Waals surface area contributed by atoms with E-state index in [1.54, 1.807) is 19.1 Å². The predicted molar refractivity (Wildman–Crippen MR) is 122 cm³/mol. The summed E-state index contributed by atoms with van der Waals surface area (Å²) in [6.45, 7) is 3.21. The minimum Gasteiger partial charge on any atom is -0.379 e. The van der Waals surface area contributed by atoms with E-state index in [4.69, 9.17) is 4.74 Å². The van der Waals surface area contributed by atoms with Crippen LogP contribution in [0.25, 0.3) is 10.9 Å². The molecule has 0 spiro atoms. The fourth-order valence-electron chi connectivity index (χ4n) is 3.26. The lowest BCUT2D eigenvalue weighted by Gasteiger charge is -2.26. The molecule has 1 saturated heterocycles. The molecule has 1 aliphatic heterocycles. The number of amides is 1. The lowest BCUT2D eigenvalue weighted by molar-refractivity contribution is -0.115. The molecule has 1 aliphatic rings. The van der Waals surface area contributed by atoms with Gasteiger partial charge in [0.1, 0.15) is 0 Å². The molecule has 1 N–H and O–H groups in total. The molecule has 3 aromatic rings. The average Bonchev–Trinajstić information content (AvgIpc) is 2.79. The van der Waals surface area contributed by atoms with E-state index in [0.29, 0.717) is 32.0 Å². The highest BCUT2D eigenvalue weighted by atomic mass is 32.2. The van der Waals surface area contributed by atoms with Gasteiger partial charge in [-0.2, -0.15) is 4.31 Å². The Morgan fingerprint density at radius 1 is 1.10 bits per heavy atom. The van der Waals surface area contributed by atoms with Crippen LogP contribution in [0.2, 0.25) is 0 Å². The molecular formula is C22H23N3O4S2. The molecule has 9 heteroatoms. The molecule has 0 aliphatic carbocycles. The number of nitrogens with zero attached hydrogens (tertiary/aromatic N) is 2. The number of rotatable bonds is 6. The second kappa shape index (κ2) is 9.35. The van der Waals surface area contributed by atoms with Crippen LogP contribution in [0.5, 0.6) is 0 Å². The number of anilines is 1. The first-order valence-corrected chi connectivity index (χ1v) is 12.3. The van der Waals surface area contributed by atoms with Crippen LogP contribution in [0, 0.1) is 0 Å². The second-order valence-corrected chi connectivity index (χ2v) is 10.4. The van der Waals surface area contributed by atoms with E-state index in [1.807, 2.05) is 36.4 Å². The number of carbonyl (C=O) groups excluding carboxylic acids is 1. The highest BCUT2D eigenvalue weighted by Crippen LogP contribution is 2.26. The first-order chi connectivity index (χ1) is 14.9. The summed E-state index contributed by atoms with van der Waals surface area (Å²) in [5, 5.41) is 4.21. The maximum atomic E-state index is 12.9. The third-order valence-electron chi connectivity index (χ3n) is 4.95. The number of nitrogens with one attached hydrogen (secondary N) is 1. The van der Waals surface area contributed by atoms with E-state index >= 15 is 0 Å². The first-order valence-electron chi connectivity index (χ1n) is 9.95. The number of benzene rings is 2. The third kappa shape index (κ3) is 5.07. The molecule has 1 amide bonds. The number of carbonyl (C=O) groups is 1. The highest BCUT2D eigenvalue weighted by Gasteiger charge is 2.26. The van der Waals surface area contributed by atoms with Crippen LogP contribution >= 0.6 is 11.8 Å².